The molecule has 0 radical (unpaired) electrons. The standard InChI is InChI=1S/C21H22O8/c1-21(2,20(25)26)29-13-6-7-14(16(23)11-13)15(22)8-5-12-9-17(27-3)19(24)18(10-12)28-4/h5-11,23-24H,1-4H3,(H,25,26)/b8-5+. The van der Waals surface area contributed by atoms with Crippen molar-refractivity contribution in [2.75, 3.05) is 14.2 Å². The van der Waals surface area contributed by atoms with Gasteiger partial charge in [-0.25, -0.2) is 4.79 Å². The molecule has 3 N–H and O–H groups in total. The van der Waals surface area contributed by atoms with Gasteiger partial charge in [-0.05, 0) is 49.8 Å². The second-order valence-electron chi connectivity index (χ2n) is 6.57. The van der Waals surface area contributed by atoms with Gasteiger partial charge in [-0.3, -0.25) is 4.79 Å². The molecule has 8 nitrogen and oxygen atoms in total. The second-order valence-corrected chi connectivity index (χ2v) is 6.57. The first-order valence-corrected chi connectivity index (χ1v) is 8.52. The van der Waals surface area contributed by atoms with E-state index in [4.69, 9.17) is 19.3 Å². The number of carbonyl (C=O) groups excluding carboxylic acids is 1. The van der Waals surface area contributed by atoms with E-state index in [0.29, 0.717) is 5.56 Å². The van der Waals surface area contributed by atoms with Crippen LogP contribution in [0.25, 0.3) is 6.08 Å². The van der Waals surface area contributed by atoms with E-state index in [0.717, 1.165) is 0 Å². The van der Waals surface area contributed by atoms with Crippen LogP contribution in [-0.2, 0) is 4.79 Å². The monoisotopic (exact) mass is 402 g/mol. The maximum Gasteiger partial charge on any atom is 0.347 e. The maximum atomic E-state index is 12.4. The number of ether oxygens (including phenoxy) is 3. The van der Waals surface area contributed by atoms with Crippen molar-refractivity contribution >= 4 is 17.8 Å². The van der Waals surface area contributed by atoms with Crippen LogP contribution in [0.5, 0.6) is 28.7 Å². The number of allylic oxidation sites excluding steroid dienone is 1. The van der Waals surface area contributed by atoms with Crippen molar-refractivity contribution in [3.63, 3.8) is 0 Å². The van der Waals surface area contributed by atoms with Gasteiger partial charge in [0.15, 0.2) is 22.9 Å². The summed E-state index contributed by atoms with van der Waals surface area (Å²) in [4.78, 5) is 23.6. The molecule has 0 aliphatic heterocycles. The van der Waals surface area contributed by atoms with E-state index in [1.54, 1.807) is 0 Å². The molecular formula is C21H22O8. The summed E-state index contributed by atoms with van der Waals surface area (Å²) in [5, 5.41) is 29.2. The number of aromatic hydroxyl groups is 2. The van der Waals surface area contributed by atoms with Crippen molar-refractivity contribution in [2.24, 2.45) is 0 Å². The lowest BCUT2D eigenvalue weighted by Gasteiger charge is -2.21. The number of hydrogen-bond donors (Lipinski definition) is 3. The van der Waals surface area contributed by atoms with Gasteiger partial charge in [0, 0.05) is 6.07 Å². The first-order chi connectivity index (χ1) is 13.6. The Labute approximate surface area is 167 Å². The fraction of sp³-hybridized carbons (Fsp3) is 0.238. The average molecular weight is 402 g/mol. The minimum absolute atomic E-state index is 0.0134. The third kappa shape index (κ3) is 4.98. The topological polar surface area (TPSA) is 123 Å². The minimum Gasteiger partial charge on any atom is -0.507 e. The number of aliphatic carboxylic acids is 1. The van der Waals surface area contributed by atoms with Crippen molar-refractivity contribution in [1.82, 2.24) is 0 Å². The molecule has 8 heteroatoms. The van der Waals surface area contributed by atoms with Crippen LogP contribution in [0.1, 0.15) is 29.8 Å². The summed E-state index contributed by atoms with van der Waals surface area (Å²) in [5.41, 5.74) is -0.943. The highest BCUT2D eigenvalue weighted by molar-refractivity contribution is 6.08. The molecule has 0 bridgehead atoms. The fourth-order valence-corrected chi connectivity index (χ4v) is 2.39. The third-order valence-electron chi connectivity index (χ3n) is 4.05. The lowest BCUT2D eigenvalue weighted by molar-refractivity contribution is -0.152. The number of carboxylic acids is 1. The molecule has 0 aromatic heterocycles. The van der Waals surface area contributed by atoms with Gasteiger partial charge < -0.3 is 29.5 Å². The number of phenols is 2. The molecule has 0 unspecified atom stereocenters. The third-order valence-corrected chi connectivity index (χ3v) is 4.05. The summed E-state index contributed by atoms with van der Waals surface area (Å²) < 4.78 is 15.5. The maximum absolute atomic E-state index is 12.4. The molecule has 29 heavy (non-hydrogen) atoms. The summed E-state index contributed by atoms with van der Waals surface area (Å²) >= 11 is 0. The predicted octanol–water partition coefficient (Wildman–Crippen LogP) is 3.25. The first-order valence-electron chi connectivity index (χ1n) is 8.52. The smallest absolute Gasteiger partial charge is 0.347 e. The summed E-state index contributed by atoms with van der Waals surface area (Å²) in [6.45, 7) is 2.74. The number of benzene rings is 2. The van der Waals surface area contributed by atoms with Gasteiger partial charge in [-0.1, -0.05) is 6.08 Å². The summed E-state index contributed by atoms with van der Waals surface area (Å²) in [6, 6.07) is 6.96. The summed E-state index contributed by atoms with van der Waals surface area (Å²) in [6.07, 6.45) is 2.71. The molecule has 154 valence electrons. The van der Waals surface area contributed by atoms with E-state index in [1.807, 2.05) is 0 Å². The molecule has 0 amide bonds. The van der Waals surface area contributed by atoms with Crippen LogP contribution in [0.15, 0.2) is 36.4 Å². The average Bonchev–Trinajstić information content (AvgIpc) is 2.66. The van der Waals surface area contributed by atoms with Crippen LogP contribution in [-0.4, -0.2) is 46.9 Å². The van der Waals surface area contributed by atoms with E-state index in [1.165, 1.54) is 70.6 Å². The van der Waals surface area contributed by atoms with Crippen molar-refractivity contribution in [3.8, 4) is 28.7 Å². The van der Waals surface area contributed by atoms with Crippen LogP contribution in [0, 0.1) is 0 Å². The van der Waals surface area contributed by atoms with Crippen LogP contribution in [0.3, 0.4) is 0 Å². The van der Waals surface area contributed by atoms with Gasteiger partial charge in [0.1, 0.15) is 11.5 Å². The normalized spacial score (nSPS) is 11.3. The van der Waals surface area contributed by atoms with Gasteiger partial charge in [0.2, 0.25) is 5.75 Å². The molecule has 0 fully saturated rings. The quantitative estimate of drug-likeness (QED) is 0.454. The van der Waals surface area contributed by atoms with Crippen molar-refractivity contribution in [3.05, 3.63) is 47.5 Å². The van der Waals surface area contributed by atoms with Crippen molar-refractivity contribution < 1.29 is 39.1 Å². The Kier molecular flexibility index (Phi) is 6.38. The van der Waals surface area contributed by atoms with Gasteiger partial charge in [-0.2, -0.15) is 0 Å². The zero-order chi connectivity index (χ0) is 21.8. The van der Waals surface area contributed by atoms with Crippen LogP contribution in [0.4, 0.5) is 0 Å². The summed E-state index contributed by atoms with van der Waals surface area (Å²) in [5.74, 6) is -1.68. The second kappa shape index (κ2) is 8.55. The molecule has 0 atom stereocenters. The van der Waals surface area contributed by atoms with E-state index < -0.39 is 17.4 Å². The Morgan fingerprint density at radius 1 is 1.00 bits per heavy atom. The molecule has 0 saturated heterocycles. The molecular weight excluding hydrogens is 380 g/mol. The van der Waals surface area contributed by atoms with E-state index in [9.17, 15) is 19.8 Å². The van der Waals surface area contributed by atoms with Crippen molar-refractivity contribution in [1.29, 1.82) is 0 Å². The fourth-order valence-electron chi connectivity index (χ4n) is 2.39. The molecule has 0 spiro atoms. The highest BCUT2D eigenvalue weighted by atomic mass is 16.5. The number of phenolic OH excluding ortho intramolecular Hbond substituents is 2. The molecule has 0 aliphatic rings. The zero-order valence-corrected chi connectivity index (χ0v) is 16.4. The highest BCUT2D eigenvalue weighted by Gasteiger charge is 2.29. The number of hydrogen-bond acceptors (Lipinski definition) is 7. The van der Waals surface area contributed by atoms with Crippen LogP contribution >= 0.6 is 0 Å². The van der Waals surface area contributed by atoms with E-state index in [2.05, 4.69) is 0 Å². The van der Waals surface area contributed by atoms with Gasteiger partial charge in [0.05, 0.1) is 19.8 Å². The molecule has 2 aromatic rings. The minimum atomic E-state index is -1.49. The molecule has 0 aliphatic carbocycles. The molecule has 2 rings (SSSR count). The first kappa shape index (κ1) is 21.6. The largest absolute Gasteiger partial charge is 0.507 e. The van der Waals surface area contributed by atoms with E-state index >= 15 is 0 Å². The Morgan fingerprint density at radius 3 is 2.07 bits per heavy atom. The van der Waals surface area contributed by atoms with Gasteiger partial charge in [-0.15, -0.1) is 0 Å². The number of ketones is 1. The molecule has 0 saturated carbocycles. The molecule has 0 heterocycles. The van der Waals surface area contributed by atoms with Crippen LogP contribution < -0.4 is 14.2 Å². The Hall–Kier alpha value is -3.68. The summed E-state index contributed by atoms with van der Waals surface area (Å²) in [7, 11) is 2.78. The highest BCUT2D eigenvalue weighted by Crippen LogP contribution is 2.37. The molecule has 2 aromatic carbocycles. The van der Waals surface area contributed by atoms with E-state index in [-0.39, 0.29) is 34.3 Å². The SMILES string of the molecule is COc1cc(/C=C/C(=O)c2ccc(OC(C)(C)C(=O)O)cc2O)cc(OC)c1O. The number of carbonyl (C=O) groups is 2. The van der Waals surface area contributed by atoms with Gasteiger partial charge >= 0.3 is 5.97 Å². The number of rotatable bonds is 8. The van der Waals surface area contributed by atoms with Crippen molar-refractivity contribution in [2.45, 2.75) is 19.4 Å². The van der Waals surface area contributed by atoms with Gasteiger partial charge in [0.25, 0.3) is 0 Å². The Morgan fingerprint density at radius 2 is 1.59 bits per heavy atom. The predicted molar refractivity (Wildman–Crippen MR) is 105 cm³/mol. The zero-order valence-electron chi connectivity index (χ0n) is 16.4. The number of carboxylic acid groups (broad SMARTS) is 1. The Bertz CT molecular complexity index is 934. The lowest BCUT2D eigenvalue weighted by atomic mass is 10.1. The number of methoxy groups -OCH3 is 2. The Balaban J connectivity index is 2.24. The van der Waals surface area contributed by atoms with Crippen LogP contribution in [0.2, 0.25) is 0 Å². The lowest BCUT2D eigenvalue weighted by Crippen LogP contribution is -2.37.